The van der Waals surface area contributed by atoms with Crippen molar-refractivity contribution in [1.82, 2.24) is 15.6 Å². The van der Waals surface area contributed by atoms with Crippen molar-refractivity contribution in [3.63, 3.8) is 0 Å². The van der Waals surface area contributed by atoms with Gasteiger partial charge in [-0.1, -0.05) is 5.16 Å². The second kappa shape index (κ2) is 5.48. The summed E-state index contributed by atoms with van der Waals surface area (Å²) in [6.45, 7) is 1.45. The highest BCUT2D eigenvalue weighted by molar-refractivity contribution is 5.92. The molecule has 0 aromatic carbocycles. The van der Waals surface area contributed by atoms with E-state index in [-0.39, 0.29) is 11.8 Å². The molecule has 7 nitrogen and oxygen atoms in total. The first kappa shape index (κ1) is 12.3. The maximum absolute atomic E-state index is 11.0. The van der Waals surface area contributed by atoms with Crippen molar-refractivity contribution < 1.29 is 14.1 Å². The highest BCUT2D eigenvalue weighted by Gasteiger charge is 2.23. The fourth-order valence-corrected chi connectivity index (χ4v) is 2.22. The number of hydrogen-bond donors (Lipinski definition) is 1. The van der Waals surface area contributed by atoms with E-state index in [4.69, 9.17) is 9.26 Å². The number of amides is 1. The SMILES string of the molecule is O=C1CCC(CCc2nc([C@H]3CCOC3)no2)=NN1. The number of aromatic nitrogens is 2. The molecule has 3 heterocycles. The van der Waals surface area contributed by atoms with Crippen LogP contribution in [0.3, 0.4) is 0 Å². The van der Waals surface area contributed by atoms with Crippen molar-refractivity contribution >= 4 is 11.6 Å². The standard InChI is InChI=1S/C12H16N4O3/c17-10-3-1-9(14-15-10)2-4-11-13-12(16-19-11)8-5-6-18-7-8/h8H,1-7H2,(H,15,17)/t8-/m0/s1. The van der Waals surface area contributed by atoms with Gasteiger partial charge >= 0.3 is 0 Å². The third-order valence-electron chi connectivity index (χ3n) is 3.39. The van der Waals surface area contributed by atoms with Crippen LogP contribution in [-0.4, -0.2) is 35.0 Å². The highest BCUT2D eigenvalue weighted by Crippen LogP contribution is 2.22. The fraction of sp³-hybridized carbons (Fsp3) is 0.667. The third kappa shape index (κ3) is 2.98. The molecule has 0 spiro atoms. The van der Waals surface area contributed by atoms with Crippen LogP contribution in [0.25, 0.3) is 0 Å². The molecule has 102 valence electrons. The van der Waals surface area contributed by atoms with E-state index >= 15 is 0 Å². The van der Waals surface area contributed by atoms with Crippen LogP contribution in [-0.2, 0) is 16.0 Å². The van der Waals surface area contributed by atoms with Crippen LogP contribution in [0.15, 0.2) is 9.62 Å². The van der Waals surface area contributed by atoms with Crippen molar-refractivity contribution in [3.8, 4) is 0 Å². The Balaban J connectivity index is 1.54. The first-order chi connectivity index (χ1) is 9.31. The molecule has 1 atom stereocenters. The molecule has 19 heavy (non-hydrogen) atoms. The van der Waals surface area contributed by atoms with Crippen LogP contribution in [0.2, 0.25) is 0 Å². The number of hydrazone groups is 1. The Labute approximate surface area is 110 Å². The number of nitrogens with zero attached hydrogens (tertiary/aromatic N) is 3. The molecule has 1 N–H and O–H groups in total. The summed E-state index contributed by atoms with van der Waals surface area (Å²) in [5, 5.41) is 8.02. The first-order valence-corrected chi connectivity index (χ1v) is 6.56. The summed E-state index contributed by atoms with van der Waals surface area (Å²) in [7, 11) is 0. The lowest BCUT2D eigenvalue weighted by molar-refractivity contribution is -0.121. The van der Waals surface area contributed by atoms with Gasteiger partial charge in [-0.2, -0.15) is 10.1 Å². The quantitative estimate of drug-likeness (QED) is 0.867. The van der Waals surface area contributed by atoms with Gasteiger partial charge in [-0.05, 0) is 19.3 Å². The average Bonchev–Trinajstić information content (AvgIpc) is 3.09. The highest BCUT2D eigenvalue weighted by atomic mass is 16.5. The summed E-state index contributed by atoms with van der Waals surface area (Å²) in [6, 6.07) is 0. The molecule has 1 saturated heterocycles. The maximum Gasteiger partial charge on any atom is 0.240 e. The molecule has 3 rings (SSSR count). The number of nitrogens with one attached hydrogen (secondary N) is 1. The summed E-state index contributed by atoms with van der Waals surface area (Å²) in [5.74, 6) is 1.61. The summed E-state index contributed by atoms with van der Waals surface area (Å²) in [5.41, 5.74) is 3.46. The molecule has 1 aromatic rings. The molecule has 0 saturated carbocycles. The van der Waals surface area contributed by atoms with E-state index in [2.05, 4.69) is 20.7 Å². The van der Waals surface area contributed by atoms with E-state index in [1.54, 1.807) is 0 Å². The number of rotatable bonds is 4. The molecular formula is C12H16N4O3. The Morgan fingerprint density at radius 1 is 1.32 bits per heavy atom. The molecule has 0 bridgehead atoms. The topological polar surface area (TPSA) is 89.6 Å². The lowest BCUT2D eigenvalue weighted by atomic mass is 10.1. The second-order valence-electron chi connectivity index (χ2n) is 4.82. The van der Waals surface area contributed by atoms with Gasteiger partial charge < -0.3 is 9.26 Å². The predicted octanol–water partition coefficient (Wildman–Crippen LogP) is 0.772. The van der Waals surface area contributed by atoms with Crippen LogP contribution in [0, 0.1) is 0 Å². The molecular weight excluding hydrogens is 248 g/mol. The molecule has 1 fully saturated rings. The summed E-state index contributed by atoms with van der Waals surface area (Å²) < 4.78 is 10.5. The zero-order valence-corrected chi connectivity index (χ0v) is 10.6. The Kier molecular flexibility index (Phi) is 3.54. The van der Waals surface area contributed by atoms with Gasteiger partial charge in [0.2, 0.25) is 11.8 Å². The minimum atomic E-state index is -0.0231. The molecule has 7 heteroatoms. The van der Waals surface area contributed by atoms with E-state index in [1.165, 1.54) is 0 Å². The van der Waals surface area contributed by atoms with Gasteiger partial charge in [-0.25, -0.2) is 5.43 Å². The number of carbonyl (C=O) groups is 1. The van der Waals surface area contributed by atoms with Gasteiger partial charge in [-0.15, -0.1) is 0 Å². The number of aryl methyl sites for hydroxylation is 1. The van der Waals surface area contributed by atoms with Gasteiger partial charge in [0.05, 0.1) is 6.61 Å². The van der Waals surface area contributed by atoms with Crippen LogP contribution in [0.1, 0.15) is 43.3 Å². The zero-order valence-electron chi connectivity index (χ0n) is 10.6. The zero-order chi connectivity index (χ0) is 13.1. The summed E-state index contributed by atoms with van der Waals surface area (Å²) in [4.78, 5) is 15.4. The van der Waals surface area contributed by atoms with Gasteiger partial charge in [-0.3, -0.25) is 4.79 Å². The lowest BCUT2D eigenvalue weighted by Crippen LogP contribution is -2.25. The Bertz CT molecular complexity index is 491. The normalized spacial score (nSPS) is 23.3. The van der Waals surface area contributed by atoms with E-state index in [1.807, 2.05) is 0 Å². The Morgan fingerprint density at radius 3 is 3.00 bits per heavy atom. The van der Waals surface area contributed by atoms with Gasteiger partial charge in [0.1, 0.15) is 0 Å². The van der Waals surface area contributed by atoms with Crippen molar-refractivity contribution in [2.24, 2.45) is 5.10 Å². The van der Waals surface area contributed by atoms with Crippen molar-refractivity contribution in [3.05, 3.63) is 11.7 Å². The largest absolute Gasteiger partial charge is 0.381 e. The summed E-state index contributed by atoms with van der Waals surface area (Å²) >= 11 is 0. The third-order valence-corrected chi connectivity index (χ3v) is 3.39. The molecule has 1 aromatic heterocycles. The van der Waals surface area contributed by atoms with Crippen LogP contribution in [0.4, 0.5) is 0 Å². The Morgan fingerprint density at radius 2 is 2.26 bits per heavy atom. The van der Waals surface area contributed by atoms with E-state index in [9.17, 15) is 4.79 Å². The monoisotopic (exact) mass is 264 g/mol. The number of ether oxygens (including phenoxy) is 1. The van der Waals surface area contributed by atoms with Crippen molar-refractivity contribution in [2.75, 3.05) is 13.2 Å². The first-order valence-electron chi connectivity index (χ1n) is 6.56. The summed E-state index contributed by atoms with van der Waals surface area (Å²) in [6.07, 6.45) is 3.58. The Hall–Kier alpha value is -1.76. The second-order valence-corrected chi connectivity index (χ2v) is 4.82. The number of hydrogen-bond acceptors (Lipinski definition) is 6. The van der Waals surface area contributed by atoms with E-state index in [0.29, 0.717) is 31.8 Å². The van der Waals surface area contributed by atoms with Crippen LogP contribution in [0.5, 0.6) is 0 Å². The van der Waals surface area contributed by atoms with Crippen molar-refractivity contribution in [2.45, 2.75) is 38.0 Å². The predicted molar refractivity (Wildman–Crippen MR) is 65.6 cm³/mol. The van der Waals surface area contributed by atoms with Gasteiger partial charge in [0.25, 0.3) is 0 Å². The average molecular weight is 264 g/mol. The van der Waals surface area contributed by atoms with Gasteiger partial charge in [0.15, 0.2) is 5.82 Å². The molecule has 0 aliphatic carbocycles. The minimum absolute atomic E-state index is 0.0231. The van der Waals surface area contributed by atoms with Crippen LogP contribution < -0.4 is 5.43 Å². The smallest absolute Gasteiger partial charge is 0.240 e. The van der Waals surface area contributed by atoms with E-state index < -0.39 is 0 Å². The van der Waals surface area contributed by atoms with Crippen LogP contribution >= 0.6 is 0 Å². The molecule has 0 unspecified atom stereocenters. The minimum Gasteiger partial charge on any atom is -0.381 e. The van der Waals surface area contributed by atoms with E-state index in [0.717, 1.165) is 31.0 Å². The lowest BCUT2D eigenvalue weighted by Gasteiger charge is -2.10. The number of carbonyl (C=O) groups excluding carboxylic acids is 1. The maximum atomic E-state index is 11.0. The fourth-order valence-electron chi connectivity index (χ4n) is 2.22. The van der Waals surface area contributed by atoms with Gasteiger partial charge in [0, 0.05) is 31.1 Å². The molecule has 1 amide bonds. The molecule has 2 aliphatic heterocycles. The molecule has 0 radical (unpaired) electrons. The van der Waals surface area contributed by atoms with Crippen molar-refractivity contribution in [1.29, 1.82) is 0 Å². The molecule has 2 aliphatic rings.